The largest absolute Gasteiger partial charge is 0.462 e. The topological polar surface area (TPSA) is 231 Å². The van der Waals surface area contributed by atoms with Crippen molar-refractivity contribution in [3.8, 4) is 0 Å². The highest BCUT2D eigenvalue weighted by atomic mass is 16.7. The third-order valence-electron chi connectivity index (χ3n) is 11.9. The second kappa shape index (κ2) is 44.1. The van der Waals surface area contributed by atoms with Crippen molar-refractivity contribution >= 4 is 11.9 Å². The van der Waals surface area contributed by atoms with Crippen LogP contribution < -0.4 is 0 Å². The summed E-state index contributed by atoms with van der Waals surface area (Å²) in [6, 6.07) is 0. The monoisotopic (exact) mass is 1040 g/mol. The number of hydrogen-bond acceptors (Lipinski definition) is 15. The highest BCUT2D eigenvalue weighted by Gasteiger charge is 2.47. The maximum Gasteiger partial charge on any atom is 0.306 e. The number of esters is 2. The lowest BCUT2D eigenvalue weighted by molar-refractivity contribution is -0.332. The van der Waals surface area contributed by atoms with Crippen LogP contribution in [0.15, 0.2) is 122 Å². The maximum absolute atomic E-state index is 13.0. The minimum atomic E-state index is -1.80. The van der Waals surface area contributed by atoms with E-state index in [2.05, 4.69) is 105 Å². The van der Waals surface area contributed by atoms with E-state index in [-0.39, 0.29) is 19.4 Å². The molecule has 0 aromatic rings. The summed E-state index contributed by atoms with van der Waals surface area (Å²) in [5.41, 5.74) is 0. The molecule has 0 aromatic carbocycles. The van der Waals surface area contributed by atoms with Gasteiger partial charge in [0, 0.05) is 12.8 Å². The van der Waals surface area contributed by atoms with E-state index in [0.29, 0.717) is 25.7 Å². The van der Waals surface area contributed by atoms with Crippen molar-refractivity contribution < 1.29 is 73.8 Å². The van der Waals surface area contributed by atoms with E-state index >= 15 is 0 Å². The number of rotatable bonds is 40. The van der Waals surface area contributed by atoms with Crippen LogP contribution in [0.4, 0.5) is 0 Å². The van der Waals surface area contributed by atoms with Gasteiger partial charge in [0.15, 0.2) is 18.7 Å². The Labute approximate surface area is 442 Å². The predicted molar refractivity (Wildman–Crippen MR) is 288 cm³/mol. The Bertz CT molecular complexity index is 1750. The molecule has 15 nitrogen and oxygen atoms in total. The first-order valence-electron chi connectivity index (χ1n) is 27.1. The first-order chi connectivity index (χ1) is 36.0. The van der Waals surface area contributed by atoms with Gasteiger partial charge in [-0.3, -0.25) is 9.59 Å². The van der Waals surface area contributed by atoms with Crippen LogP contribution in [0.5, 0.6) is 0 Å². The van der Waals surface area contributed by atoms with Gasteiger partial charge in [-0.25, -0.2) is 0 Å². The first-order valence-corrected chi connectivity index (χ1v) is 27.1. The normalized spacial score (nSPS) is 25.6. The second-order valence-corrected chi connectivity index (χ2v) is 18.3. The van der Waals surface area contributed by atoms with Crippen LogP contribution in [0.3, 0.4) is 0 Å². The van der Waals surface area contributed by atoms with Crippen molar-refractivity contribution in [2.24, 2.45) is 0 Å². The molecule has 0 spiro atoms. The summed E-state index contributed by atoms with van der Waals surface area (Å²) in [6.07, 6.45) is 42.4. The SMILES string of the molecule is CCCCC/C=C/C/C=C/C/C=C/C/C=C/C/C=C/CCC(=O)OC[C@@H](CO[C@@H]1O[C@H](CO[C@@H]2O[C@H](CO)[C@H](O)C(O)C2O)[C@H](O)C(O)C1O)OC(=O)CC/C=C/C/C=C/C/C=C/C/C=C/C/C=C/CCCCC. The molecule has 2 aliphatic heterocycles. The molecule has 2 aliphatic rings. The van der Waals surface area contributed by atoms with Crippen LogP contribution in [-0.2, 0) is 38.0 Å². The van der Waals surface area contributed by atoms with Crippen molar-refractivity contribution in [2.45, 2.75) is 210 Å². The molecule has 7 N–H and O–H groups in total. The predicted octanol–water partition coefficient (Wildman–Crippen LogP) is 8.49. The summed E-state index contributed by atoms with van der Waals surface area (Å²) in [4.78, 5) is 25.8. The summed E-state index contributed by atoms with van der Waals surface area (Å²) in [5, 5.41) is 72.2. The van der Waals surface area contributed by atoms with Crippen molar-refractivity contribution in [2.75, 3.05) is 26.4 Å². The molecule has 74 heavy (non-hydrogen) atoms. The minimum Gasteiger partial charge on any atom is -0.462 e. The van der Waals surface area contributed by atoms with E-state index in [9.17, 15) is 45.3 Å². The zero-order chi connectivity index (χ0) is 53.9. The van der Waals surface area contributed by atoms with E-state index in [4.69, 9.17) is 28.4 Å². The van der Waals surface area contributed by atoms with Crippen LogP contribution in [0, 0.1) is 0 Å². The van der Waals surface area contributed by atoms with Crippen molar-refractivity contribution in [3.63, 3.8) is 0 Å². The van der Waals surface area contributed by atoms with Gasteiger partial charge in [-0.05, 0) is 89.9 Å². The lowest BCUT2D eigenvalue weighted by atomic mass is 9.98. The van der Waals surface area contributed by atoms with Crippen LogP contribution in [0.2, 0.25) is 0 Å². The molecule has 0 bridgehead atoms. The smallest absolute Gasteiger partial charge is 0.306 e. The molecule has 11 atom stereocenters. The molecule has 0 aliphatic carbocycles. The van der Waals surface area contributed by atoms with Gasteiger partial charge in [0.25, 0.3) is 0 Å². The molecule has 0 aromatic heterocycles. The molecule has 2 saturated heterocycles. The Morgan fingerprint density at radius 2 is 0.797 bits per heavy atom. The first kappa shape index (κ1) is 66.0. The van der Waals surface area contributed by atoms with E-state index in [1.165, 1.54) is 38.5 Å². The molecule has 0 radical (unpaired) electrons. The number of hydrogen-bond donors (Lipinski definition) is 7. The second-order valence-electron chi connectivity index (χ2n) is 18.3. The van der Waals surface area contributed by atoms with Gasteiger partial charge in [0.1, 0.15) is 55.4 Å². The van der Waals surface area contributed by atoms with Crippen molar-refractivity contribution in [3.05, 3.63) is 122 Å². The van der Waals surface area contributed by atoms with E-state index in [0.717, 1.165) is 51.4 Å². The van der Waals surface area contributed by atoms with Crippen molar-refractivity contribution in [1.82, 2.24) is 0 Å². The number of ether oxygens (including phenoxy) is 6. The van der Waals surface area contributed by atoms with E-state index in [1.807, 2.05) is 30.4 Å². The van der Waals surface area contributed by atoms with Gasteiger partial charge >= 0.3 is 11.9 Å². The average molecular weight is 1040 g/mol. The highest BCUT2D eigenvalue weighted by molar-refractivity contribution is 5.70. The molecule has 2 heterocycles. The number of aliphatic hydroxyl groups excluding tert-OH is 7. The molecule has 15 heteroatoms. The maximum atomic E-state index is 13.0. The lowest BCUT2D eigenvalue weighted by Gasteiger charge is -2.42. The molecular formula is C59H92O15. The Morgan fingerprint density at radius 3 is 1.22 bits per heavy atom. The fourth-order valence-electron chi connectivity index (χ4n) is 7.47. The Morgan fingerprint density at radius 1 is 0.432 bits per heavy atom. The Hall–Kier alpha value is -4.10. The quantitative estimate of drug-likeness (QED) is 0.0173. The molecule has 0 saturated carbocycles. The summed E-state index contributed by atoms with van der Waals surface area (Å²) < 4.78 is 33.4. The summed E-state index contributed by atoms with van der Waals surface area (Å²) >= 11 is 0. The molecule has 2 rings (SSSR count). The van der Waals surface area contributed by atoms with Gasteiger partial charge < -0.3 is 64.2 Å². The zero-order valence-corrected chi connectivity index (χ0v) is 44.3. The van der Waals surface area contributed by atoms with E-state index in [1.54, 1.807) is 0 Å². The van der Waals surface area contributed by atoms with E-state index < -0.39 is 99.3 Å². The molecule has 4 unspecified atom stereocenters. The molecule has 2 fully saturated rings. The minimum absolute atomic E-state index is 0.0185. The van der Waals surface area contributed by atoms with Gasteiger partial charge in [-0.1, -0.05) is 161 Å². The summed E-state index contributed by atoms with van der Waals surface area (Å²) in [5.74, 6) is -1.13. The Kier molecular flexibility index (Phi) is 39.3. The number of unbranched alkanes of at least 4 members (excludes halogenated alkanes) is 6. The van der Waals surface area contributed by atoms with Crippen LogP contribution in [0.1, 0.15) is 142 Å². The van der Waals surface area contributed by atoms with Gasteiger partial charge in [0.05, 0.1) is 19.8 Å². The fraction of sp³-hybridized carbons (Fsp3) is 0.627. The van der Waals surface area contributed by atoms with Gasteiger partial charge in [-0.2, -0.15) is 0 Å². The molecule has 0 amide bonds. The zero-order valence-electron chi connectivity index (χ0n) is 44.3. The van der Waals surface area contributed by atoms with Gasteiger partial charge in [-0.15, -0.1) is 0 Å². The average Bonchev–Trinajstić information content (AvgIpc) is 3.39. The number of aliphatic hydroxyl groups is 7. The summed E-state index contributed by atoms with van der Waals surface area (Å²) in [6.45, 7) is 2.35. The summed E-state index contributed by atoms with van der Waals surface area (Å²) in [7, 11) is 0. The Balaban J connectivity index is 1.87. The molecular weight excluding hydrogens is 949 g/mol. The lowest BCUT2D eigenvalue weighted by Crippen LogP contribution is -2.61. The molecule has 418 valence electrons. The number of allylic oxidation sites excluding steroid dienone is 20. The standard InChI is InChI=1S/C59H92O15/c1-3-5-7-9-11-13-15-17-19-21-23-25-27-29-31-33-35-37-39-41-50(61)69-44-47(72-51(62)42-40-38-36-34-32-30-28-26-24-22-20-18-16-14-12-10-8-6-4-2)45-70-58-57(68)55(66)53(64)49(74-58)46-71-59-56(67)54(65)52(63)48(43-60)73-59/h11-14,17-20,23-26,29-32,35-38,47-49,52-60,63-68H,3-10,15-16,21-22,27-28,33-34,39-46H2,1-2H3/b13-11+,14-12+,19-17+,20-18+,25-23+,26-24+,31-29+,32-30+,37-35+,38-36+/t47-,48+,49+,52-,53-,54?,55?,56?,57?,58+,59+/m0/s1. The fourth-order valence-corrected chi connectivity index (χ4v) is 7.47. The van der Waals surface area contributed by atoms with Crippen LogP contribution in [-0.4, -0.2) is 142 Å². The third kappa shape index (κ3) is 31.1. The van der Waals surface area contributed by atoms with Crippen LogP contribution in [0.25, 0.3) is 0 Å². The number of carbonyl (C=O) groups is 2. The highest BCUT2D eigenvalue weighted by Crippen LogP contribution is 2.26. The van der Waals surface area contributed by atoms with Gasteiger partial charge in [0.2, 0.25) is 0 Å². The van der Waals surface area contributed by atoms with Crippen molar-refractivity contribution in [1.29, 1.82) is 0 Å². The third-order valence-corrected chi connectivity index (χ3v) is 11.9. The number of carbonyl (C=O) groups excluding carboxylic acids is 2. The van der Waals surface area contributed by atoms with Crippen LogP contribution >= 0.6 is 0 Å².